The van der Waals surface area contributed by atoms with Crippen LogP contribution >= 0.6 is 0 Å². The molecule has 11 heavy (non-hydrogen) atoms. The Balaban J connectivity index is 2.54. The molecule has 1 rings (SSSR count). The van der Waals surface area contributed by atoms with E-state index in [1.54, 1.807) is 6.26 Å². The molecule has 0 aromatic carbocycles. The van der Waals surface area contributed by atoms with E-state index in [0.29, 0.717) is 6.54 Å². The molecule has 1 aromatic rings. The highest BCUT2D eigenvalue weighted by atomic mass is 16.3. The summed E-state index contributed by atoms with van der Waals surface area (Å²) >= 11 is 0. The Morgan fingerprint density at radius 3 is 3.00 bits per heavy atom. The van der Waals surface area contributed by atoms with Crippen LogP contribution in [-0.4, -0.2) is 0 Å². The van der Waals surface area contributed by atoms with E-state index in [1.165, 1.54) is 18.4 Å². The van der Waals surface area contributed by atoms with Crippen LogP contribution in [0.5, 0.6) is 0 Å². The van der Waals surface area contributed by atoms with Gasteiger partial charge in [-0.05, 0) is 24.5 Å². The summed E-state index contributed by atoms with van der Waals surface area (Å²) < 4.78 is 5.19. The molecule has 0 aliphatic rings. The van der Waals surface area contributed by atoms with Crippen LogP contribution in [0.1, 0.15) is 31.1 Å². The van der Waals surface area contributed by atoms with E-state index < -0.39 is 0 Å². The normalized spacial score (nSPS) is 10.4. The minimum atomic E-state index is 0.520. The zero-order valence-corrected chi connectivity index (χ0v) is 6.97. The number of hydrogen-bond acceptors (Lipinski definition) is 2. The molecule has 0 saturated heterocycles. The Morgan fingerprint density at radius 2 is 2.36 bits per heavy atom. The lowest BCUT2D eigenvalue weighted by molar-refractivity contribution is 0.506. The van der Waals surface area contributed by atoms with Gasteiger partial charge in [0.15, 0.2) is 0 Å². The Kier molecular flexibility index (Phi) is 3.17. The summed E-state index contributed by atoms with van der Waals surface area (Å²) in [7, 11) is 0. The van der Waals surface area contributed by atoms with Gasteiger partial charge in [0.1, 0.15) is 5.76 Å². The fourth-order valence-corrected chi connectivity index (χ4v) is 1.14. The van der Waals surface area contributed by atoms with Crippen molar-refractivity contribution in [1.82, 2.24) is 0 Å². The highest BCUT2D eigenvalue weighted by Gasteiger charge is 2.02. The minimum Gasteiger partial charge on any atom is -0.468 e. The van der Waals surface area contributed by atoms with Gasteiger partial charge in [0, 0.05) is 0 Å². The van der Waals surface area contributed by atoms with Gasteiger partial charge in [-0.3, -0.25) is 0 Å². The molecule has 1 aromatic heterocycles. The smallest absolute Gasteiger partial charge is 0.120 e. The fourth-order valence-electron chi connectivity index (χ4n) is 1.14. The Hall–Kier alpha value is -0.760. The average Bonchev–Trinajstić information content (AvgIpc) is 2.47. The highest BCUT2D eigenvalue weighted by Crippen LogP contribution is 2.12. The van der Waals surface area contributed by atoms with E-state index in [9.17, 15) is 0 Å². The van der Waals surface area contributed by atoms with Crippen molar-refractivity contribution in [3.05, 3.63) is 23.7 Å². The Morgan fingerprint density at radius 1 is 1.55 bits per heavy atom. The maximum Gasteiger partial charge on any atom is 0.120 e. The summed E-state index contributed by atoms with van der Waals surface area (Å²) in [5, 5.41) is 0. The van der Waals surface area contributed by atoms with Crippen LogP contribution in [0.15, 0.2) is 16.7 Å². The molecule has 0 aliphatic heterocycles. The van der Waals surface area contributed by atoms with Gasteiger partial charge in [0.05, 0.1) is 12.8 Å². The third kappa shape index (κ3) is 2.09. The Bertz CT molecular complexity index is 205. The molecule has 2 nitrogen and oxygen atoms in total. The number of hydrogen-bond donors (Lipinski definition) is 1. The van der Waals surface area contributed by atoms with Crippen LogP contribution in [0.25, 0.3) is 0 Å². The standard InChI is InChI=1S/C9H15NO/c1-2-3-4-8-5-6-11-9(8)7-10/h5-6H,2-4,7,10H2,1H3. The molecule has 0 unspecified atom stereocenters. The van der Waals surface area contributed by atoms with Gasteiger partial charge in [-0.15, -0.1) is 0 Å². The fraction of sp³-hybridized carbons (Fsp3) is 0.556. The molecule has 2 N–H and O–H groups in total. The Labute approximate surface area is 67.4 Å². The molecule has 62 valence electrons. The molecular formula is C9H15NO. The maximum atomic E-state index is 5.47. The third-order valence-corrected chi connectivity index (χ3v) is 1.82. The molecule has 0 fully saturated rings. The summed E-state index contributed by atoms with van der Waals surface area (Å²) in [6.07, 6.45) is 5.24. The predicted octanol–water partition coefficient (Wildman–Crippen LogP) is 2.08. The van der Waals surface area contributed by atoms with Gasteiger partial charge < -0.3 is 10.2 Å². The predicted molar refractivity (Wildman–Crippen MR) is 45.2 cm³/mol. The van der Waals surface area contributed by atoms with Crippen molar-refractivity contribution < 1.29 is 4.42 Å². The van der Waals surface area contributed by atoms with Crippen molar-refractivity contribution in [1.29, 1.82) is 0 Å². The average molecular weight is 153 g/mol. The molecule has 2 heteroatoms. The van der Waals surface area contributed by atoms with Crippen molar-refractivity contribution in [2.24, 2.45) is 5.73 Å². The SMILES string of the molecule is CCCCc1ccoc1CN. The van der Waals surface area contributed by atoms with Crippen LogP contribution in [-0.2, 0) is 13.0 Å². The molecule has 0 amide bonds. The first-order chi connectivity index (χ1) is 5.38. The van der Waals surface area contributed by atoms with E-state index >= 15 is 0 Å². The zero-order valence-electron chi connectivity index (χ0n) is 6.97. The second kappa shape index (κ2) is 4.19. The number of nitrogens with two attached hydrogens (primary N) is 1. The van der Waals surface area contributed by atoms with Gasteiger partial charge in [0.25, 0.3) is 0 Å². The molecule has 0 atom stereocenters. The maximum absolute atomic E-state index is 5.47. The lowest BCUT2D eigenvalue weighted by atomic mass is 10.1. The third-order valence-electron chi connectivity index (χ3n) is 1.82. The molecule has 0 radical (unpaired) electrons. The minimum absolute atomic E-state index is 0.520. The van der Waals surface area contributed by atoms with Crippen LogP contribution in [0, 0.1) is 0 Å². The molecule has 0 aliphatic carbocycles. The van der Waals surface area contributed by atoms with Gasteiger partial charge >= 0.3 is 0 Å². The summed E-state index contributed by atoms with van der Waals surface area (Å²) in [4.78, 5) is 0. The van der Waals surface area contributed by atoms with E-state index in [4.69, 9.17) is 10.2 Å². The first-order valence-corrected chi connectivity index (χ1v) is 4.13. The summed E-state index contributed by atoms with van der Waals surface area (Å²) in [5.74, 6) is 0.943. The van der Waals surface area contributed by atoms with Crippen LogP contribution in [0.2, 0.25) is 0 Å². The topological polar surface area (TPSA) is 39.2 Å². The van der Waals surface area contributed by atoms with E-state index in [0.717, 1.165) is 12.2 Å². The van der Waals surface area contributed by atoms with Crippen LogP contribution < -0.4 is 5.73 Å². The monoisotopic (exact) mass is 153 g/mol. The number of unbranched alkanes of at least 4 members (excludes halogenated alkanes) is 1. The molecule has 1 heterocycles. The van der Waals surface area contributed by atoms with Crippen LogP contribution in [0.4, 0.5) is 0 Å². The van der Waals surface area contributed by atoms with Crippen LogP contribution in [0.3, 0.4) is 0 Å². The van der Waals surface area contributed by atoms with Gasteiger partial charge in [-0.1, -0.05) is 13.3 Å². The molecule has 0 bridgehead atoms. The molecular weight excluding hydrogens is 138 g/mol. The van der Waals surface area contributed by atoms with Crippen molar-refractivity contribution in [3.63, 3.8) is 0 Å². The second-order valence-electron chi connectivity index (χ2n) is 2.68. The van der Waals surface area contributed by atoms with E-state index in [2.05, 4.69) is 6.92 Å². The first-order valence-electron chi connectivity index (χ1n) is 4.13. The lowest BCUT2D eigenvalue weighted by Gasteiger charge is -1.97. The van der Waals surface area contributed by atoms with E-state index in [-0.39, 0.29) is 0 Å². The van der Waals surface area contributed by atoms with Gasteiger partial charge in [-0.25, -0.2) is 0 Å². The lowest BCUT2D eigenvalue weighted by Crippen LogP contribution is -1.98. The number of aryl methyl sites for hydroxylation is 1. The largest absolute Gasteiger partial charge is 0.468 e. The summed E-state index contributed by atoms with van der Waals surface area (Å²) in [6.45, 7) is 2.70. The second-order valence-corrected chi connectivity index (χ2v) is 2.68. The first kappa shape index (κ1) is 8.34. The summed E-state index contributed by atoms with van der Waals surface area (Å²) in [5.41, 5.74) is 6.75. The van der Waals surface area contributed by atoms with Crippen molar-refractivity contribution >= 4 is 0 Å². The molecule has 0 spiro atoms. The van der Waals surface area contributed by atoms with Gasteiger partial charge in [-0.2, -0.15) is 0 Å². The van der Waals surface area contributed by atoms with E-state index in [1.807, 2.05) is 6.07 Å². The number of furan rings is 1. The van der Waals surface area contributed by atoms with Crippen molar-refractivity contribution in [2.45, 2.75) is 32.7 Å². The zero-order chi connectivity index (χ0) is 8.10. The molecule has 0 saturated carbocycles. The highest BCUT2D eigenvalue weighted by molar-refractivity contribution is 5.16. The van der Waals surface area contributed by atoms with Gasteiger partial charge in [0.2, 0.25) is 0 Å². The van der Waals surface area contributed by atoms with Crippen molar-refractivity contribution in [2.75, 3.05) is 0 Å². The van der Waals surface area contributed by atoms with Crippen molar-refractivity contribution in [3.8, 4) is 0 Å². The number of rotatable bonds is 4. The summed E-state index contributed by atoms with van der Waals surface area (Å²) in [6, 6.07) is 2.01. The quantitative estimate of drug-likeness (QED) is 0.719.